The molecule has 12 heteroatoms. The molecule has 0 bridgehead atoms. The molecular formula is C28H12Br4N4O4. The number of carbonyl (C=O) groups excluding carboxylic acids is 4. The zero-order chi connectivity index (χ0) is 28.3. The van der Waals surface area contributed by atoms with Crippen LogP contribution in [-0.2, 0) is 0 Å². The molecule has 0 aliphatic carbocycles. The molecule has 4 aromatic rings. The van der Waals surface area contributed by atoms with Gasteiger partial charge in [-0.15, -0.1) is 0 Å². The number of benzene rings is 2. The van der Waals surface area contributed by atoms with Gasteiger partial charge < -0.3 is 0 Å². The predicted molar refractivity (Wildman–Crippen MR) is 161 cm³/mol. The summed E-state index contributed by atoms with van der Waals surface area (Å²) in [5.74, 6) is -2.37. The first-order valence-corrected chi connectivity index (χ1v) is 14.7. The van der Waals surface area contributed by atoms with Crippen molar-refractivity contribution in [3.05, 3.63) is 125 Å². The second-order valence-corrected chi connectivity index (χ2v) is 12.2. The molecule has 2 aromatic carbocycles. The summed E-state index contributed by atoms with van der Waals surface area (Å²) in [6, 6.07) is 12.9. The smallest absolute Gasteiger partial charge is 0.264 e. The summed E-state index contributed by atoms with van der Waals surface area (Å²) in [6.07, 6.45) is 5.79. The van der Waals surface area contributed by atoms with Crippen molar-refractivity contribution in [3.8, 4) is 0 Å². The number of nitrogens with zero attached hydrogens (tertiary/aromatic N) is 4. The molecule has 40 heavy (non-hydrogen) atoms. The number of anilines is 2. The largest absolute Gasteiger partial charge is 0.287 e. The van der Waals surface area contributed by atoms with Gasteiger partial charge in [0.2, 0.25) is 11.6 Å². The highest BCUT2D eigenvalue weighted by Gasteiger charge is 2.48. The number of rotatable bonds is 2. The normalized spacial score (nSPS) is 15.9. The molecule has 0 N–H and O–H groups in total. The number of hydrogen-bond acceptors (Lipinski definition) is 6. The molecule has 0 saturated carbocycles. The van der Waals surface area contributed by atoms with Crippen LogP contribution in [0, 0.1) is 0 Å². The van der Waals surface area contributed by atoms with Crippen LogP contribution < -0.4 is 9.80 Å². The van der Waals surface area contributed by atoms with Gasteiger partial charge >= 0.3 is 0 Å². The number of allylic oxidation sites excluding steroid dienone is 2. The van der Waals surface area contributed by atoms with E-state index in [1.165, 1.54) is 34.6 Å². The Labute approximate surface area is 260 Å². The molecule has 0 saturated heterocycles. The molecule has 0 fully saturated rings. The van der Waals surface area contributed by atoms with E-state index in [0.29, 0.717) is 17.9 Å². The SMILES string of the molecule is O=C1/C(=C2/C(=O)c3cc(Br)cc(Br)c3N2C(=O)c2cccnc2)N(C(=O)c2cccnc2)c2c(Br)cc(Br)cc21. The fourth-order valence-electron chi connectivity index (χ4n) is 4.68. The molecule has 0 unspecified atom stereocenters. The van der Waals surface area contributed by atoms with Gasteiger partial charge in [-0.1, -0.05) is 31.9 Å². The third-order valence-corrected chi connectivity index (χ3v) is 8.44. The maximum Gasteiger partial charge on any atom is 0.264 e. The van der Waals surface area contributed by atoms with E-state index in [-0.39, 0.29) is 45.0 Å². The van der Waals surface area contributed by atoms with Gasteiger partial charge in [-0.05, 0) is 80.4 Å². The molecule has 0 spiro atoms. The Morgan fingerprint density at radius 3 is 1.38 bits per heavy atom. The number of halogens is 4. The highest BCUT2D eigenvalue weighted by Crippen LogP contribution is 2.49. The minimum absolute atomic E-state index is 0.179. The quantitative estimate of drug-likeness (QED) is 0.201. The molecule has 4 heterocycles. The van der Waals surface area contributed by atoms with Crippen molar-refractivity contribution >= 4 is 98.5 Å². The minimum Gasteiger partial charge on any atom is -0.287 e. The fourth-order valence-corrected chi connectivity index (χ4v) is 7.49. The molecule has 0 atom stereocenters. The summed E-state index contributed by atoms with van der Waals surface area (Å²) < 4.78 is 2.05. The summed E-state index contributed by atoms with van der Waals surface area (Å²) >= 11 is 13.8. The highest BCUT2D eigenvalue weighted by atomic mass is 79.9. The lowest BCUT2D eigenvalue weighted by Gasteiger charge is -2.25. The first kappa shape index (κ1) is 26.9. The van der Waals surface area contributed by atoms with Crippen molar-refractivity contribution in [1.82, 2.24) is 9.97 Å². The van der Waals surface area contributed by atoms with Gasteiger partial charge in [-0.3, -0.25) is 38.9 Å². The molecule has 2 amide bonds. The standard InChI is InChI=1S/C28H12Br4N4O4/c29-15-7-17-21(19(31)9-15)35(27(39)13-3-1-5-33-11-13)23(25(17)37)24-26(38)18-8-16(30)10-20(32)22(18)36(24)28(40)14-4-2-6-34-12-14/h1-12H/b24-23+. The van der Waals surface area contributed by atoms with Crippen LogP contribution in [0.4, 0.5) is 11.4 Å². The topological polar surface area (TPSA) is 101 Å². The van der Waals surface area contributed by atoms with Gasteiger partial charge in [-0.25, -0.2) is 0 Å². The van der Waals surface area contributed by atoms with E-state index in [4.69, 9.17) is 0 Å². The monoisotopic (exact) mass is 784 g/mol. The number of ketones is 2. The van der Waals surface area contributed by atoms with Crippen molar-refractivity contribution in [2.45, 2.75) is 0 Å². The zero-order valence-corrected chi connectivity index (χ0v) is 26.2. The average Bonchev–Trinajstić information content (AvgIpc) is 3.39. The van der Waals surface area contributed by atoms with Crippen LogP contribution in [0.5, 0.6) is 0 Å². The Bertz CT molecular complexity index is 1690. The summed E-state index contributed by atoms with van der Waals surface area (Å²) in [4.78, 5) is 66.8. The maximum atomic E-state index is 14.2. The second-order valence-electron chi connectivity index (χ2n) is 8.69. The molecule has 2 aromatic heterocycles. The van der Waals surface area contributed by atoms with Crippen molar-refractivity contribution in [2.75, 3.05) is 9.80 Å². The Kier molecular flexibility index (Phi) is 6.89. The van der Waals surface area contributed by atoms with Crippen LogP contribution in [0.25, 0.3) is 0 Å². The van der Waals surface area contributed by atoms with E-state index in [2.05, 4.69) is 73.7 Å². The van der Waals surface area contributed by atoms with Gasteiger partial charge in [0.15, 0.2) is 0 Å². The summed E-state index contributed by atoms with van der Waals surface area (Å²) in [5, 5.41) is 0. The van der Waals surface area contributed by atoms with Crippen molar-refractivity contribution in [1.29, 1.82) is 0 Å². The van der Waals surface area contributed by atoms with Gasteiger partial charge in [0.05, 0.1) is 33.6 Å². The lowest BCUT2D eigenvalue weighted by molar-refractivity contribution is 0.0953. The summed E-state index contributed by atoms with van der Waals surface area (Å²) in [5.41, 5.74) is 0.747. The van der Waals surface area contributed by atoms with Gasteiger partial charge in [0.25, 0.3) is 11.8 Å². The second kappa shape index (κ2) is 10.3. The Balaban J connectivity index is 1.69. The maximum absolute atomic E-state index is 14.2. The molecule has 2 aliphatic heterocycles. The molecule has 196 valence electrons. The van der Waals surface area contributed by atoms with Crippen LogP contribution in [-0.4, -0.2) is 33.3 Å². The summed E-state index contributed by atoms with van der Waals surface area (Å²) in [6.45, 7) is 0. The molecule has 8 nitrogen and oxygen atoms in total. The zero-order valence-electron chi connectivity index (χ0n) is 19.9. The van der Waals surface area contributed by atoms with Crippen LogP contribution >= 0.6 is 63.7 Å². The third kappa shape index (κ3) is 4.21. The molecule has 6 rings (SSSR count). The van der Waals surface area contributed by atoms with Crippen molar-refractivity contribution < 1.29 is 19.2 Å². The van der Waals surface area contributed by atoms with Crippen molar-refractivity contribution in [2.24, 2.45) is 0 Å². The van der Waals surface area contributed by atoms with E-state index in [0.717, 1.165) is 0 Å². The highest BCUT2D eigenvalue weighted by molar-refractivity contribution is 9.11. The van der Waals surface area contributed by atoms with Crippen LogP contribution in [0.2, 0.25) is 0 Å². The predicted octanol–water partition coefficient (Wildman–Crippen LogP) is 7.12. The fraction of sp³-hybridized carbons (Fsp3) is 0. The van der Waals surface area contributed by atoms with Gasteiger partial charge in [0, 0.05) is 42.7 Å². The number of hydrogen-bond donors (Lipinski definition) is 0. The molecule has 2 aliphatic rings. The van der Waals surface area contributed by atoms with E-state index in [1.54, 1.807) is 48.5 Å². The average molecular weight is 788 g/mol. The van der Waals surface area contributed by atoms with Gasteiger partial charge in [0.1, 0.15) is 11.4 Å². The van der Waals surface area contributed by atoms with Gasteiger partial charge in [-0.2, -0.15) is 0 Å². The lowest BCUT2D eigenvalue weighted by Crippen LogP contribution is -2.37. The lowest BCUT2D eigenvalue weighted by atomic mass is 10.1. The van der Waals surface area contributed by atoms with E-state index in [9.17, 15) is 19.2 Å². The summed E-state index contributed by atoms with van der Waals surface area (Å²) in [7, 11) is 0. The van der Waals surface area contributed by atoms with E-state index in [1.807, 2.05) is 0 Å². The third-order valence-electron chi connectivity index (χ3n) is 6.32. The number of pyridine rings is 2. The number of carbonyl (C=O) groups is 4. The number of amides is 2. The molecular weight excluding hydrogens is 776 g/mol. The number of fused-ring (bicyclic) bond motifs is 2. The van der Waals surface area contributed by atoms with Crippen LogP contribution in [0.3, 0.4) is 0 Å². The van der Waals surface area contributed by atoms with Crippen LogP contribution in [0.15, 0.2) is 103 Å². The Morgan fingerprint density at radius 2 is 1.02 bits per heavy atom. The number of aromatic nitrogens is 2. The van der Waals surface area contributed by atoms with Crippen molar-refractivity contribution in [3.63, 3.8) is 0 Å². The minimum atomic E-state index is -0.594. The van der Waals surface area contributed by atoms with Crippen LogP contribution in [0.1, 0.15) is 41.4 Å². The number of Topliss-reactive ketones (excluding diaryl/α,β-unsaturated/α-hetero) is 2. The van der Waals surface area contributed by atoms with E-state index < -0.39 is 23.4 Å². The van der Waals surface area contributed by atoms with E-state index >= 15 is 0 Å². The molecule has 0 radical (unpaired) electrons. The Morgan fingerprint density at radius 1 is 0.625 bits per heavy atom. The first-order valence-electron chi connectivity index (χ1n) is 11.5. The first-order chi connectivity index (χ1) is 19.2. The Hall–Kier alpha value is -3.32.